The SMILES string of the molecule is Cc1nc2ccc(C(F)(F)F)c(-n3cccn3)c2c2nc[nH]c12. The molecular formula is C15H10F3N5. The number of H-pyrrole nitrogens is 1. The number of nitrogens with one attached hydrogen (secondary N) is 1. The molecule has 23 heavy (non-hydrogen) atoms. The van der Waals surface area contributed by atoms with E-state index in [0.29, 0.717) is 27.6 Å². The number of aromatic amines is 1. The lowest BCUT2D eigenvalue weighted by Crippen LogP contribution is -2.12. The van der Waals surface area contributed by atoms with E-state index in [1.807, 2.05) is 0 Å². The van der Waals surface area contributed by atoms with Gasteiger partial charge in [0.05, 0.1) is 39.7 Å². The van der Waals surface area contributed by atoms with Gasteiger partial charge in [-0.15, -0.1) is 0 Å². The van der Waals surface area contributed by atoms with Gasteiger partial charge in [0, 0.05) is 12.4 Å². The van der Waals surface area contributed by atoms with Crippen molar-refractivity contribution in [1.82, 2.24) is 24.7 Å². The molecule has 4 rings (SSSR count). The van der Waals surface area contributed by atoms with Gasteiger partial charge >= 0.3 is 6.18 Å². The minimum absolute atomic E-state index is 0.0652. The molecule has 0 saturated heterocycles. The first-order valence-corrected chi connectivity index (χ1v) is 6.80. The zero-order chi connectivity index (χ0) is 16.2. The highest BCUT2D eigenvalue weighted by Gasteiger charge is 2.35. The standard InChI is InChI=1S/C15H10F3N5/c1-8-12-13(20-7-19-12)11-10(22-8)4-3-9(15(16,17)18)14(11)23-6-2-5-21-23/h2-7H,1H3,(H,19,20). The van der Waals surface area contributed by atoms with Gasteiger partial charge in [0.25, 0.3) is 0 Å². The largest absolute Gasteiger partial charge is 0.418 e. The van der Waals surface area contributed by atoms with Crippen LogP contribution in [0, 0.1) is 6.92 Å². The molecule has 3 heterocycles. The van der Waals surface area contributed by atoms with Gasteiger partial charge in [-0.1, -0.05) is 0 Å². The molecule has 0 bridgehead atoms. The average Bonchev–Trinajstić information content (AvgIpc) is 3.17. The zero-order valence-corrected chi connectivity index (χ0v) is 11.9. The topological polar surface area (TPSA) is 59.4 Å². The number of halogens is 3. The lowest BCUT2D eigenvalue weighted by Gasteiger charge is -2.16. The number of aromatic nitrogens is 5. The molecule has 0 atom stereocenters. The summed E-state index contributed by atoms with van der Waals surface area (Å²) >= 11 is 0. The number of alkyl halides is 3. The molecule has 5 nitrogen and oxygen atoms in total. The van der Waals surface area contributed by atoms with Crippen LogP contribution in [0.4, 0.5) is 13.2 Å². The van der Waals surface area contributed by atoms with Crippen molar-refractivity contribution >= 4 is 21.9 Å². The number of imidazole rings is 1. The van der Waals surface area contributed by atoms with E-state index in [2.05, 4.69) is 20.1 Å². The molecule has 0 aliphatic rings. The second kappa shape index (κ2) is 4.55. The Hall–Kier alpha value is -2.90. The molecule has 0 spiro atoms. The van der Waals surface area contributed by atoms with Gasteiger partial charge in [-0.2, -0.15) is 18.3 Å². The molecule has 0 aliphatic heterocycles. The molecule has 0 radical (unpaired) electrons. The van der Waals surface area contributed by atoms with Crippen molar-refractivity contribution in [3.8, 4) is 5.69 Å². The molecule has 4 aromatic rings. The van der Waals surface area contributed by atoms with Crippen molar-refractivity contribution in [1.29, 1.82) is 0 Å². The summed E-state index contributed by atoms with van der Waals surface area (Å²) in [7, 11) is 0. The number of hydrogen-bond acceptors (Lipinski definition) is 3. The minimum atomic E-state index is -4.51. The van der Waals surface area contributed by atoms with Crippen molar-refractivity contribution in [2.75, 3.05) is 0 Å². The molecule has 0 aliphatic carbocycles. The summed E-state index contributed by atoms with van der Waals surface area (Å²) in [6.45, 7) is 1.78. The normalized spacial score (nSPS) is 12.3. The quantitative estimate of drug-likeness (QED) is 0.583. The molecule has 8 heteroatoms. The fourth-order valence-corrected chi connectivity index (χ4v) is 2.77. The van der Waals surface area contributed by atoms with Crippen LogP contribution in [0.3, 0.4) is 0 Å². The van der Waals surface area contributed by atoms with Crippen molar-refractivity contribution in [2.45, 2.75) is 13.1 Å². The van der Waals surface area contributed by atoms with Crippen LogP contribution in [0.5, 0.6) is 0 Å². The van der Waals surface area contributed by atoms with E-state index < -0.39 is 11.7 Å². The summed E-state index contributed by atoms with van der Waals surface area (Å²) in [5.74, 6) is 0. The van der Waals surface area contributed by atoms with Crippen molar-refractivity contribution in [3.63, 3.8) is 0 Å². The smallest absolute Gasteiger partial charge is 0.343 e. The lowest BCUT2D eigenvalue weighted by molar-refractivity contribution is -0.137. The van der Waals surface area contributed by atoms with Crippen LogP contribution in [-0.4, -0.2) is 24.7 Å². The lowest BCUT2D eigenvalue weighted by atomic mass is 10.0. The Labute approximate surface area is 127 Å². The molecule has 1 aromatic carbocycles. The number of pyridine rings is 1. The molecule has 3 aromatic heterocycles. The summed E-state index contributed by atoms with van der Waals surface area (Å²) in [6, 6.07) is 3.97. The maximum atomic E-state index is 13.5. The van der Waals surface area contributed by atoms with Crippen LogP contribution in [0.15, 0.2) is 36.9 Å². The number of rotatable bonds is 1. The van der Waals surface area contributed by atoms with E-state index in [-0.39, 0.29) is 5.69 Å². The Morgan fingerprint density at radius 1 is 1.22 bits per heavy atom. The van der Waals surface area contributed by atoms with Crippen LogP contribution in [-0.2, 0) is 6.18 Å². The first kappa shape index (κ1) is 13.7. The Morgan fingerprint density at radius 2 is 2.04 bits per heavy atom. The molecule has 0 amide bonds. The predicted molar refractivity (Wildman–Crippen MR) is 78.3 cm³/mol. The van der Waals surface area contributed by atoms with E-state index in [1.54, 1.807) is 13.0 Å². The van der Waals surface area contributed by atoms with Crippen LogP contribution in [0.2, 0.25) is 0 Å². The maximum Gasteiger partial charge on any atom is 0.418 e. The second-order valence-corrected chi connectivity index (χ2v) is 5.13. The molecule has 116 valence electrons. The predicted octanol–water partition coefficient (Wildman–Crippen LogP) is 3.62. The van der Waals surface area contributed by atoms with E-state index in [0.717, 1.165) is 6.07 Å². The van der Waals surface area contributed by atoms with Crippen LogP contribution < -0.4 is 0 Å². The molecular weight excluding hydrogens is 307 g/mol. The molecule has 0 saturated carbocycles. The summed E-state index contributed by atoms with van der Waals surface area (Å²) < 4.78 is 41.7. The highest BCUT2D eigenvalue weighted by Crippen LogP contribution is 2.39. The Bertz CT molecular complexity index is 1020. The monoisotopic (exact) mass is 317 g/mol. The maximum absolute atomic E-state index is 13.5. The number of nitrogens with zero attached hydrogens (tertiary/aromatic N) is 4. The number of hydrogen-bond donors (Lipinski definition) is 1. The zero-order valence-electron chi connectivity index (χ0n) is 11.9. The van der Waals surface area contributed by atoms with Gasteiger partial charge in [0.2, 0.25) is 0 Å². The van der Waals surface area contributed by atoms with Crippen LogP contribution in [0.1, 0.15) is 11.3 Å². The average molecular weight is 317 g/mol. The molecule has 0 fully saturated rings. The Morgan fingerprint density at radius 3 is 2.74 bits per heavy atom. The van der Waals surface area contributed by atoms with Gasteiger partial charge in [-0.3, -0.25) is 4.98 Å². The van der Waals surface area contributed by atoms with E-state index >= 15 is 0 Å². The third-order valence-electron chi connectivity index (χ3n) is 3.72. The minimum Gasteiger partial charge on any atom is -0.343 e. The van der Waals surface area contributed by atoms with Crippen LogP contribution >= 0.6 is 0 Å². The van der Waals surface area contributed by atoms with E-state index in [1.165, 1.54) is 29.5 Å². The van der Waals surface area contributed by atoms with Gasteiger partial charge in [0.15, 0.2) is 0 Å². The number of fused-ring (bicyclic) bond motifs is 3. The summed E-state index contributed by atoms with van der Waals surface area (Å²) in [6.07, 6.45) is -0.153. The van der Waals surface area contributed by atoms with Crippen molar-refractivity contribution < 1.29 is 13.2 Å². The summed E-state index contributed by atoms with van der Waals surface area (Å²) in [5.41, 5.74) is 1.35. The highest BCUT2D eigenvalue weighted by atomic mass is 19.4. The van der Waals surface area contributed by atoms with E-state index in [9.17, 15) is 13.2 Å². The number of aryl methyl sites for hydroxylation is 1. The van der Waals surface area contributed by atoms with Crippen molar-refractivity contribution in [2.24, 2.45) is 0 Å². The van der Waals surface area contributed by atoms with Gasteiger partial charge < -0.3 is 4.98 Å². The summed E-state index contributed by atoms with van der Waals surface area (Å²) in [5, 5.41) is 4.30. The number of benzene rings is 1. The molecule has 1 N–H and O–H groups in total. The van der Waals surface area contributed by atoms with Gasteiger partial charge in [-0.05, 0) is 25.1 Å². The second-order valence-electron chi connectivity index (χ2n) is 5.13. The fraction of sp³-hybridized carbons (Fsp3) is 0.133. The first-order chi connectivity index (χ1) is 11.0. The Kier molecular flexibility index (Phi) is 2.72. The van der Waals surface area contributed by atoms with Gasteiger partial charge in [0.1, 0.15) is 5.52 Å². The first-order valence-electron chi connectivity index (χ1n) is 6.80. The fourth-order valence-electron chi connectivity index (χ4n) is 2.77. The third kappa shape index (κ3) is 1.98. The van der Waals surface area contributed by atoms with Crippen LogP contribution in [0.25, 0.3) is 27.6 Å². The van der Waals surface area contributed by atoms with E-state index in [4.69, 9.17) is 0 Å². The van der Waals surface area contributed by atoms with Crippen molar-refractivity contribution in [3.05, 3.63) is 48.2 Å². The summed E-state index contributed by atoms with van der Waals surface area (Å²) in [4.78, 5) is 11.5. The molecule has 0 unspecified atom stereocenters. The third-order valence-corrected chi connectivity index (χ3v) is 3.72. The Balaban J connectivity index is 2.26. The highest BCUT2D eigenvalue weighted by molar-refractivity contribution is 6.08. The van der Waals surface area contributed by atoms with Gasteiger partial charge in [-0.25, -0.2) is 9.67 Å².